The molecule has 180 valence electrons. The van der Waals surface area contributed by atoms with Gasteiger partial charge in [0.1, 0.15) is 11.9 Å². The van der Waals surface area contributed by atoms with Gasteiger partial charge < -0.3 is 25.5 Å². The number of carbonyl (C=O) groups excluding carboxylic acids is 4. The number of hydrogen-bond donors (Lipinski definition) is 3. The van der Waals surface area contributed by atoms with Crippen LogP contribution in [0.2, 0.25) is 0 Å². The Balaban J connectivity index is 3.42. The molecular formula is C23H43N3O5. The molecule has 0 radical (unpaired) electrons. The van der Waals surface area contributed by atoms with Gasteiger partial charge in [-0.05, 0) is 59.3 Å². The van der Waals surface area contributed by atoms with E-state index in [1.165, 1.54) is 0 Å². The quantitative estimate of drug-likeness (QED) is 0.222. The predicted octanol–water partition coefficient (Wildman–Crippen LogP) is 3.62. The van der Waals surface area contributed by atoms with Crippen LogP contribution in [0, 0.1) is 0 Å². The van der Waals surface area contributed by atoms with Crippen molar-refractivity contribution < 1.29 is 23.9 Å². The summed E-state index contributed by atoms with van der Waals surface area (Å²) in [7, 11) is 0. The van der Waals surface area contributed by atoms with Crippen LogP contribution in [0.15, 0.2) is 0 Å². The third-order valence-electron chi connectivity index (χ3n) is 4.47. The van der Waals surface area contributed by atoms with E-state index in [1.807, 2.05) is 20.8 Å². The van der Waals surface area contributed by atoms with Gasteiger partial charge in [0.2, 0.25) is 11.8 Å². The molecule has 0 saturated carbocycles. The molecule has 0 aliphatic carbocycles. The summed E-state index contributed by atoms with van der Waals surface area (Å²) in [5.74, 6) is 0.119. The van der Waals surface area contributed by atoms with Crippen LogP contribution >= 0.6 is 0 Å². The molecule has 0 unspecified atom stereocenters. The summed E-state index contributed by atoms with van der Waals surface area (Å²) in [6.07, 6.45) is 9.93. The van der Waals surface area contributed by atoms with E-state index in [9.17, 15) is 19.2 Å². The van der Waals surface area contributed by atoms with Gasteiger partial charge in [-0.3, -0.25) is 9.59 Å². The first-order valence-electron chi connectivity index (χ1n) is 11.7. The first-order chi connectivity index (χ1) is 14.7. The van der Waals surface area contributed by atoms with Crippen LogP contribution in [0.5, 0.6) is 0 Å². The summed E-state index contributed by atoms with van der Waals surface area (Å²) in [4.78, 5) is 45.2. The molecule has 0 bridgehead atoms. The Hall–Kier alpha value is -2.12. The molecule has 0 atom stereocenters. The second-order valence-corrected chi connectivity index (χ2v) is 8.77. The van der Waals surface area contributed by atoms with Crippen LogP contribution in [0.1, 0.15) is 97.8 Å². The van der Waals surface area contributed by atoms with Crippen molar-refractivity contribution in [3.05, 3.63) is 0 Å². The van der Waals surface area contributed by atoms with E-state index in [0.717, 1.165) is 64.1 Å². The molecule has 8 heteroatoms. The maximum Gasteiger partial charge on any atom is 0.407 e. The minimum Gasteiger partial charge on any atom is -0.444 e. The monoisotopic (exact) mass is 441 g/mol. The molecule has 3 amide bonds. The summed E-state index contributed by atoms with van der Waals surface area (Å²) in [5.41, 5.74) is -0.493. The van der Waals surface area contributed by atoms with Crippen LogP contribution in [-0.2, 0) is 19.1 Å². The highest BCUT2D eigenvalue weighted by Gasteiger charge is 2.15. The predicted molar refractivity (Wildman–Crippen MR) is 122 cm³/mol. The maximum absolute atomic E-state index is 11.8. The molecule has 31 heavy (non-hydrogen) atoms. The number of amides is 3. The minimum absolute atomic E-state index is 0.0485. The molecule has 0 aliphatic rings. The lowest BCUT2D eigenvalue weighted by Gasteiger charge is -2.19. The molecule has 0 aromatic carbocycles. The third-order valence-corrected chi connectivity index (χ3v) is 4.47. The molecule has 0 saturated heterocycles. The highest BCUT2D eigenvalue weighted by Crippen LogP contribution is 2.06. The van der Waals surface area contributed by atoms with Gasteiger partial charge in [-0.2, -0.15) is 0 Å². The summed E-state index contributed by atoms with van der Waals surface area (Å²) in [5, 5.41) is 8.51. The average molecular weight is 442 g/mol. The zero-order valence-electron chi connectivity index (χ0n) is 19.7. The standard InChI is InChI=1S/C23H43N3O5/c1-23(2,3)31-22(30)26-18-12-7-9-15-21(29)25-17-11-6-8-14-20(28)24-16-10-4-5-13-19-27/h19H,4-18H2,1-3H3,(H,24,28)(H,25,29)(H,26,30). The zero-order valence-corrected chi connectivity index (χ0v) is 19.7. The molecular weight excluding hydrogens is 398 g/mol. The molecule has 0 heterocycles. The molecule has 0 spiro atoms. The van der Waals surface area contributed by atoms with Crippen molar-refractivity contribution in [1.29, 1.82) is 0 Å². The van der Waals surface area contributed by atoms with Gasteiger partial charge in [-0.25, -0.2) is 4.79 Å². The van der Waals surface area contributed by atoms with E-state index in [1.54, 1.807) is 0 Å². The number of hydrogen-bond acceptors (Lipinski definition) is 5. The van der Waals surface area contributed by atoms with E-state index < -0.39 is 11.7 Å². The van der Waals surface area contributed by atoms with Gasteiger partial charge in [-0.1, -0.05) is 19.3 Å². The molecule has 8 nitrogen and oxygen atoms in total. The number of ether oxygens (including phenoxy) is 1. The normalized spacial score (nSPS) is 10.9. The summed E-state index contributed by atoms with van der Waals surface area (Å²) in [6, 6.07) is 0. The number of alkyl carbamates (subject to hydrolysis) is 1. The summed E-state index contributed by atoms with van der Waals surface area (Å²) in [6.45, 7) is 7.33. The second-order valence-electron chi connectivity index (χ2n) is 8.77. The SMILES string of the molecule is CC(C)(C)OC(=O)NCCCCCC(=O)NCCCCCC(=O)NCCCCCC=O. The molecule has 0 aromatic heterocycles. The zero-order chi connectivity index (χ0) is 23.4. The highest BCUT2D eigenvalue weighted by molar-refractivity contribution is 5.76. The maximum atomic E-state index is 11.8. The smallest absolute Gasteiger partial charge is 0.407 e. The fraction of sp³-hybridized carbons (Fsp3) is 0.826. The first kappa shape index (κ1) is 28.9. The second kappa shape index (κ2) is 18.6. The van der Waals surface area contributed by atoms with Crippen molar-refractivity contribution >= 4 is 24.2 Å². The van der Waals surface area contributed by atoms with Crippen molar-refractivity contribution in [3.8, 4) is 0 Å². The molecule has 0 aliphatic heterocycles. The van der Waals surface area contributed by atoms with Crippen molar-refractivity contribution in [3.63, 3.8) is 0 Å². The third kappa shape index (κ3) is 22.4. The number of aldehydes is 1. The molecule has 0 aromatic rings. The van der Waals surface area contributed by atoms with Crippen LogP contribution in [0.4, 0.5) is 4.79 Å². The average Bonchev–Trinajstić information content (AvgIpc) is 2.68. The van der Waals surface area contributed by atoms with Gasteiger partial charge in [-0.15, -0.1) is 0 Å². The van der Waals surface area contributed by atoms with Crippen molar-refractivity contribution in [2.24, 2.45) is 0 Å². The van der Waals surface area contributed by atoms with Gasteiger partial charge in [0.25, 0.3) is 0 Å². The van der Waals surface area contributed by atoms with Crippen molar-refractivity contribution in [1.82, 2.24) is 16.0 Å². The number of nitrogens with one attached hydrogen (secondary N) is 3. The lowest BCUT2D eigenvalue weighted by molar-refractivity contribution is -0.122. The first-order valence-corrected chi connectivity index (χ1v) is 11.7. The van der Waals surface area contributed by atoms with E-state index in [4.69, 9.17) is 4.74 Å². The largest absolute Gasteiger partial charge is 0.444 e. The topological polar surface area (TPSA) is 114 Å². The molecule has 3 N–H and O–H groups in total. The summed E-state index contributed by atoms with van der Waals surface area (Å²) < 4.78 is 5.16. The Bertz CT molecular complexity index is 518. The molecule has 0 rings (SSSR count). The molecule has 0 fully saturated rings. The Morgan fingerprint density at radius 3 is 1.58 bits per heavy atom. The van der Waals surface area contributed by atoms with Crippen LogP contribution in [0.3, 0.4) is 0 Å². The van der Waals surface area contributed by atoms with Crippen LogP contribution in [0.25, 0.3) is 0 Å². The van der Waals surface area contributed by atoms with E-state index in [0.29, 0.717) is 38.9 Å². The van der Waals surface area contributed by atoms with Gasteiger partial charge in [0.15, 0.2) is 0 Å². The minimum atomic E-state index is -0.493. The van der Waals surface area contributed by atoms with Crippen LogP contribution < -0.4 is 16.0 Å². The Morgan fingerprint density at radius 2 is 1.13 bits per heavy atom. The fourth-order valence-corrected chi connectivity index (χ4v) is 2.84. The summed E-state index contributed by atoms with van der Waals surface area (Å²) >= 11 is 0. The van der Waals surface area contributed by atoms with Crippen molar-refractivity contribution in [2.45, 2.75) is 103 Å². The Labute approximate surface area is 187 Å². The van der Waals surface area contributed by atoms with Crippen molar-refractivity contribution in [2.75, 3.05) is 19.6 Å². The van der Waals surface area contributed by atoms with E-state index in [-0.39, 0.29) is 11.8 Å². The number of unbranched alkanes of at least 4 members (excludes halogenated alkanes) is 7. The van der Waals surface area contributed by atoms with Gasteiger partial charge >= 0.3 is 6.09 Å². The van der Waals surface area contributed by atoms with Gasteiger partial charge in [0.05, 0.1) is 0 Å². The lowest BCUT2D eigenvalue weighted by atomic mass is 10.1. The van der Waals surface area contributed by atoms with Crippen LogP contribution in [-0.4, -0.2) is 49.4 Å². The highest BCUT2D eigenvalue weighted by atomic mass is 16.6. The van der Waals surface area contributed by atoms with E-state index >= 15 is 0 Å². The number of carbonyl (C=O) groups is 4. The fourth-order valence-electron chi connectivity index (χ4n) is 2.84. The number of rotatable bonds is 18. The Kier molecular flexibility index (Phi) is 17.4. The lowest BCUT2D eigenvalue weighted by Crippen LogP contribution is -2.33. The van der Waals surface area contributed by atoms with E-state index in [2.05, 4.69) is 16.0 Å². The Morgan fingerprint density at radius 1 is 0.677 bits per heavy atom. The van der Waals surface area contributed by atoms with Gasteiger partial charge in [0, 0.05) is 38.9 Å².